The summed E-state index contributed by atoms with van der Waals surface area (Å²) in [6, 6.07) is 4.25. The number of hydrogen-bond donors (Lipinski definition) is 1. The Kier molecular flexibility index (Phi) is 2.84. The first-order valence-corrected chi connectivity index (χ1v) is 7.02. The summed E-state index contributed by atoms with van der Waals surface area (Å²) >= 11 is 0. The van der Waals surface area contributed by atoms with Crippen molar-refractivity contribution in [3.8, 4) is 5.75 Å². The summed E-state index contributed by atoms with van der Waals surface area (Å²) in [5, 5.41) is 2.70. The largest absolute Gasteiger partial charge is 0.493 e. The highest BCUT2D eigenvalue weighted by molar-refractivity contribution is 5.75. The molecule has 3 rings (SSSR count). The van der Waals surface area contributed by atoms with Gasteiger partial charge in [0.25, 0.3) is 0 Å². The number of hydrogen-bond acceptors (Lipinski definition) is 2. The van der Waals surface area contributed by atoms with Crippen molar-refractivity contribution in [2.45, 2.75) is 44.9 Å². The summed E-state index contributed by atoms with van der Waals surface area (Å²) in [7, 11) is 0. The van der Waals surface area contributed by atoms with Crippen LogP contribution in [-0.4, -0.2) is 19.1 Å². The lowest BCUT2D eigenvalue weighted by molar-refractivity contribution is -0.120. The number of fused-ring (bicyclic) bond motifs is 3. The van der Waals surface area contributed by atoms with Crippen molar-refractivity contribution in [3.05, 3.63) is 28.8 Å². The van der Waals surface area contributed by atoms with E-state index in [4.69, 9.17) is 7.48 Å². The second-order valence-corrected chi connectivity index (χ2v) is 5.24. The van der Waals surface area contributed by atoms with Gasteiger partial charge >= 0.3 is 0 Å². The van der Waals surface area contributed by atoms with Crippen LogP contribution in [0.1, 0.15) is 51.5 Å². The van der Waals surface area contributed by atoms with Crippen molar-refractivity contribution < 1.29 is 12.3 Å². The summed E-state index contributed by atoms with van der Waals surface area (Å²) in [5.74, 6) is 0.955. The smallest absolute Gasteiger partial charge is 0.219 e. The van der Waals surface area contributed by atoms with Gasteiger partial charge in [0.2, 0.25) is 5.91 Å². The molecule has 3 heteroatoms. The Bertz CT molecular complexity index is 566. The summed E-state index contributed by atoms with van der Waals surface area (Å²) in [6.07, 6.45) is 2.25. The van der Waals surface area contributed by atoms with E-state index >= 15 is 0 Å². The second kappa shape index (κ2) is 5.24. The van der Waals surface area contributed by atoms with Gasteiger partial charge in [0.1, 0.15) is 5.75 Å². The molecule has 0 aromatic heterocycles. The van der Waals surface area contributed by atoms with Crippen molar-refractivity contribution in [1.82, 2.24) is 5.32 Å². The fraction of sp³-hybridized carbons (Fsp3) is 0.562. The van der Waals surface area contributed by atoms with Crippen molar-refractivity contribution >= 4 is 5.91 Å². The van der Waals surface area contributed by atoms with Gasteiger partial charge in [-0.1, -0.05) is 13.0 Å². The summed E-state index contributed by atoms with van der Waals surface area (Å²) < 4.78 is 20.4. The molecule has 3 nitrogen and oxygen atoms in total. The van der Waals surface area contributed by atoms with Crippen LogP contribution in [0.3, 0.4) is 0 Å². The van der Waals surface area contributed by atoms with E-state index in [2.05, 4.69) is 17.4 Å². The molecular weight excluding hydrogens is 238 g/mol. The first-order chi connectivity index (χ1) is 9.97. The number of rotatable bonds is 4. The molecule has 0 unspecified atom stereocenters. The van der Waals surface area contributed by atoms with Crippen LogP contribution in [0.25, 0.3) is 0 Å². The molecule has 19 heavy (non-hydrogen) atoms. The Morgan fingerprint density at radius 2 is 2.42 bits per heavy atom. The van der Waals surface area contributed by atoms with E-state index in [1.807, 2.05) is 0 Å². The monoisotopic (exact) mass is 261 g/mol. The fourth-order valence-electron chi connectivity index (χ4n) is 3.29. The molecule has 0 saturated carbocycles. The summed E-state index contributed by atoms with van der Waals surface area (Å²) in [6.45, 7) is 2.59. The van der Waals surface area contributed by atoms with Crippen LogP contribution in [-0.2, 0) is 17.6 Å². The van der Waals surface area contributed by atoms with Crippen LogP contribution >= 0.6 is 0 Å². The van der Waals surface area contributed by atoms with E-state index in [1.165, 1.54) is 23.6 Å². The molecule has 1 N–H and O–H groups in total. The van der Waals surface area contributed by atoms with E-state index in [9.17, 15) is 4.79 Å². The molecule has 0 spiro atoms. The Balaban J connectivity index is 1.66. The van der Waals surface area contributed by atoms with Gasteiger partial charge in [-0.15, -0.1) is 0 Å². The van der Waals surface area contributed by atoms with E-state index in [1.54, 1.807) is 0 Å². The topological polar surface area (TPSA) is 38.3 Å². The third kappa shape index (κ3) is 2.34. The molecule has 1 heterocycles. The average molecular weight is 261 g/mol. The van der Waals surface area contributed by atoms with Gasteiger partial charge in [-0.3, -0.25) is 4.79 Å². The molecular formula is C16H21NO2. The Morgan fingerprint density at radius 3 is 3.26 bits per heavy atom. The number of ether oxygens (including phenoxy) is 1. The number of carbonyl (C=O) groups is 1. The third-order valence-electron chi connectivity index (χ3n) is 4.19. The lowest BCUT2D eigenvalue weighted by Gasteiger charge is -2.15. The molecule has 1 aromatic carbocycles. The van der Waals surface area contributed by atoms with E-state index in [0.717, 1.165) is 38.0 Å². The number of carbonyl (C=O) groups excluding carboxylic acids is 1. The fourth-order valence-corrected chi connectivity index (χ4v) is 3.29. The van der Waals surface area contributed by atoms with E-state index in [0.29, 0.717) is 12.5 Å². The summed E-state index contributed by atoms with van der Waals surface area (Å²) in [4.78, 5) is 11.6. The average Bonchev–Trinajstić information content (AvgIpc) is 3.02. The quantitative estimate of drug-likeness (QED) is 0.904. The van der Waals surface area contributed by atoms with Crippen molar-refractivity contribution in [2.24, 2.45) is 0 Å². The second-order valence-electron chi connectivity index (χ2n) is 5.24. The first-order valence-electron chi connectivity index (χ1n) is 8.02. The molecule has 0 fully saturated rings. The highest BCUT2D eigenvalue weighted by Crippen LogP contribution is 2.42. The van der Waals surface area contributed by atoms with Gasteiger partial charge in [-0.25, -0.2) is 0 Å². The maximum Gasteiger partial charge on any atom is 0.219 e. The minimum absolute atomic E-state index is 0.458. The zero-order chi connectivity index (χ0) is 15.0. The van der Waals surface area contributed by atoms with Crippen molar-refractivity contribution in [3.63, 3.8) is 0 Å². The van der Waals surface area contributed by atoms with Gasteiger partial charge in [0.15, 0.2) is 0 Å². The van der Waals surface area contributed by atoms with E-state index < -0.39 is 12.3 Å². The number of amides is 1. The van der Waals surface area contributed by atoms with Crippen LogP contribution in [0.5, 0.6) is 5.75 Å². The zero-order valence-corrected chi connectivity index (χ0v) is 11.3. The van der Waals surface area contributed by atoms with Crippen molar-refractivity contribution in [1.29, 1.82) is 0 Å². The molecule has 2 aliphatic rings. The number of nitrogens with one attached hydrogen (secondary N) is 1. The number of benzene rings is 1. The van der Waals surface area contributed by atoms with Crippen LogP contribution in [0.4, 0.5) is 0 Å². The molecule has 1 amide bonds. The minimum atomic E-state index is -1.80. The summed E-state index contributed by atoms with van der Waals surface area (Å²) in [5.41, 5.74) is 4.20. The standard InChI is InChI=1S/C16H21NO2/c1-2-15(18)17-9-7-12-4-3-11-5-6-14-13(16(11)12)8-10-19-14/h5-6,12H,2-4,7-10H2,1H3,(H,17,18)/t12-/m0/s1/i2D2. The highest BCUT2D eigenvalue weighted by Gasteiger charge is 2.29. The molecule has 0 radical (unpaired) electrons. The van der Waals surface area contributed by atoms with E-state index in [-0.39, 0.29) is 0 Å². The maximum absolute atomic E-state index is 11.6. The Labute approximate surface area is 117 Å². The minimum Gasteiger partial charge on any atom is -0.493 e. The van der Waals surface area contributed by atoms with Gasteiger partial charge in [-0.05, 0) is 42.4 Å². The molecule has 102 valence electrons. The third-order valence-corrected chi connectivity index (χ3v) is 4.19. The van der Waals surface area contributed by atoms with Crippen LogP contribution in [0, 0.1) is 0 Å². The Hall–Kier alpha value is -1.51. The first kappa shape index (κ1) is 10.3. The molecule has 0 bridgehead atoms. The predicted molar refractivity (Wildman–Crippen MR) is 74.6 cm³/mol. The normalized spacial score (nSPS) is 22.1. The molecule has 1 aliphatic carbocycles. The predicted octanol–water partition coefficient (Wildman–Crippen LogP) is 2.57. The number of aryl methyl sites for hydroxylation is 1. The van der Waals surface area contributed by atoms with Crippen LogP contribution in [0.2, 0.25) is 0 Å². The maximum atomic E-state index is 11.6. The van der Waals surface area contributed by atoms with Gasteiger partial charge < -0.3 is 10.1 Å². The molecule has 1 aromatic rings. The highest BCUT2D eigenvalue weighted by atomic mass is 16.5. The van der Waals surface area contributed by atoms with Crippen LogP contribution < -0.4 is 10.1 Å². The lowest BCUT2D eigenvalue weighted by atomic mass is 9.92. The van der Waals surface area contributed by atoms with Gasteiger partial charge in [0, 0.05) is 27.6 Å². The molecule has 1 aliphatic heterocycles. The van der Waals surface area contributed by atoms with Crippen molar-refractivity contribution in [2.75, 3.05) is 13.2 Å². The van der Waals surface area contributed by atoms with Gasteiger partial charge in [-0.2, -0.15) is 0 Å². The van der Waals surface area contributed by atoms with Crippen LogP contribution in [0.15, 0.2) is 12.1 Å². The van der Waals surface area contributed by atoms with Gasteiger partial charge in [0.05, 0.1) is 6.61 Å². The SMILES string of the molecule is [2H]C([2H])(C)C(=O)NCC[C@@H]1CCc2ccc3c(c21)CCO3. The lowest BCUT2D eigenvalue weighted by Crippen LogP contribution is -2.24. The molecule has 1 atom stereocenters. The molecule has 0 saturated heterocycles. The zero-order valence-electron chi connectivity index (χ0n) is 13.3. The Morgan fingerprint density at radius 1 is 1.53 bits per heavy atom.